The van der Waals surface area contributed by atoms with E-state index in [0.717, 1.165) is 31.2 Å². The van der Waals surface area contributed by atoms with E-state index in [0.29, 0.717) is 38.7 Å². The first kappa shape index (κ1) is 40.3. The number of rotatable bonds is 9. The van der Waals surface area contributed by atoms with E-state index in [9.17, 15) is 35.4 Å². The molecule has 302 valence electrons. The second-order valence-electron chi connectivity index (χ2n) is 19.7. The highest BCUT2D eigenvalue weighted by molar-refractivity contribution is 5.77. The van der Waals surface area contributed by atoms with Gasteiger partial charge in [-0.25, -0.2) is 0 Å². The summed E-state index contributed by atoms with van der Waals surface area (Å²) in [6, 6.07) is 9.95. The normalized spacial score (nSPS) is 50.2. The monoisotopic (exact) mass is 754 g/mol. The zero-order chi connectivity index (χ0) is 39.1. The molecule has 5 aliphatic carbocycles. The Morgan fingerprint density at radius 2 is 1.63 bits per heavy atom. The van der Waals surface area contributed by atoms with Crippen molar-refractivity contribution in [3.63, 3.8) is 0 Å². The second kappa shape index (κ2) is 14.2. The van der Waals surface area contributed by atoms with Crippen molar-refractivity contribution in [3.05, 3.63) is 47.5 Å². The van der Waals surface area contributed by atoms with E-state index in [2.05, 4.69) is 47.6 Å². The molecular weight excluding hydrogens is 688 g/mol. The largest absolute Gasteiger partial charge is 0.481 e. The Kier molecular flexibility index (Phi) is 10.6. The van der Waals surface area contributed by atoms with Crippen LogP contribution in [0.5, 0.6) is 0 Å². The summed E-state index contributed by atoms with van der Waals surface area (Å²) < 4.78 is 19.3. The lowest BCUT2D eigenvalue weighted by Crippen LogP contribution is -2.70. The van der Waals surface area contributed by atoms with Gasteiger partial charge >= 0.3 is 5.97 Å². The molecule has 7 rings (SSSR count). The molecule has 1 heterocycles. The van der Waals surface area contributed by atoms with Gasteiger partial charge < -0.3 is 44.8 Å². The summed E-state index contributed by atoms with van der Waals surface area (Å²) in [6.45, 7) is 13.7. The van der Waals surface area contributed by atoms with Crippen molar-refractivity contribution in [2.75, 3.05) is 19.8 Å². The molecule has 54 heavy (non-hydrogen) atoms. The van der Waals surface area contributed by atoms with Gasteiger partial charge in [-0.05, 0) is 102 Å². The first-order chi connectivity index (χ1) is 25.5. The van der Waals surface area contributed by atoms with E-state index in [1.807, 2.05) is 30.3 Å². The van der Waals surface area contributed by atoms with Gasteiger partial charge in [0.15, 0.2) is 6.29 Å². The van der Waals surface area contributed by atoms with Gasteiger partial charge in [0.1, 0.15) is 18.3 Å². The molecule has 1 saturated heterocycles. The topological polar surface area (TPSA) is 166 Å². The number of ether oxygens (including phenoxy) is 3. The van der Waals surface area contributed by atoms with Gasteiger partial charge in [-0.15, -0.1) is 0 Å². The van der Waals surface area contributed by atoms with Crippen LogP contribution in [0, 0.1) is 56.2 Å². The summed E-state index contributed by atoms with van der Waals surface area (Å²) >= 11 is 0. The fraction of sp³-hybridized carbons (Fsp3) is 0.795. The maximum atomic E-state index is 13.4. The number of carboxylic acids is 1. The molecule has 1 aliphatic heterocycles. The predicted molar refractivity (Wildman–Crippen MR) is 202 cm³/mol. The average molecular weight is 755 g/mol. The molecule has 10 nitrogen and oxygen atoms in total. The third kappa shape index (κ3) is 5.82. The molecular formula is C44H66O10. The third-order valence-corrected chi connectivity index (χ3v) is 17.1. The summed E-state index contributed by atoms with van der Waals surface area (Å²) in [4.78, 5) is 13.4. The fourth-order valence-corrected chi connectivity index (χ4v) is 13.8. The Bertz CT molecular complexity index is 1570. The zero-order valence-corrected chi connectivity index (χ0v) is 33.2. The summed E-state index contributed by atoms with van der Waals surface area (Å²) in [5, 5.41) is 64.8. The van der Waals surface area contributed by atoms with Crippen molar-refractivity contribution in [1.82, 2.24) is 0 Å². The second-order valence-corrected chi connectivity index (χ2v) is 19.7. The molecule has 1 aromatic carbocycles. The van der Waals surface area contributed by atoms with Gasteiger partial charge in [-0.1, -0.05) is 89.9 Å². The number of hydrogen-bond acceptors (Lipinski definition) is 9. The summed E-state index contributed by atoms with van der Waals surface area (Å²) in [5.41, 5.74) is -0.428. The number of hydrogen-bond donors (Lipinski definition) is 6. The first-order valence-corrected chi connectivity index (χ1v) is 20.6. The Morgan fingerprint density at radius 1 is 0.907 bits per heavy atom. The Morgan fingerprint density at radius 3 is 2.28 bits per heavy atom. The molecule has 1 aromatic rings. The third-order valence-electron chi connectivity index (χ3n) is 17.1. The molecule has 6 aliphatic rings. The Balaban J connectivity index is 1.30. The van der Waals surface area contributed by atoms with Gasteiger partial charge in [-0.3, -0.25) is 4.79 Å². The number of allylic oxidation sites excluding steroid dienone is 2. The highest BCUT2D eigenvalue weighted by Gasteiger charge is 2.73. The van der Waals surface area contributed by atoms with E-state index in [1.54, 1.807) is 0 Å². The zero-order valence-electron chi connectivity index (χ0n) is 33.2. The van der Waals surface area contributed by atoms with Crippen molar-refractivity contribution >= 4 is 5.97 Å². The lowest BCUT2D eigenvalue weighted by molar-refractivity contribution is -0.333. The van der Waals surface area contributed by atoms with Crippen molar-refractivity contribution in [1.29, 1.82) is 0 Å². The fourth-order valence-electron chi connectivity index (χ4n) is 13.8. The maximum Gasteiger partial charge on any atom is 0.310 e. The Hall–Kier alpha value is -1.89. The van der Waals surface area contributed by atoms with Gasteiger partial charge in [0.25, 0.3) is 0 Å². The maximum absolute atomic E-state index is 13.4. The molecule has 4 saturated carbocycles. The van der Waals surface area contributed by atoms with Crippen molar-refractivity contribution in [2.24, 2.45) is 56.2 Å². The lowest BCUT2D eigenvalue weighted by Gasteiger charge is -2.73. The van der Waals surface area contributed by atoms with Crippen LogP contribution >= 0.6 is 0 Å². The molecule has 0 spiro atoms. The Labute approximate surface area is 321 Å². The van der Waals surface area contributed by atoms with Crippen LogP contribution in [0.1, 0.15) is 105 Å². The van der Waals surface area contributed by atoms with Crippen LogP contribution in [0.25, 0.3) is 0 Å². The molecule has 10 heteroatoms. The van der Waals surface area contributed by atoms with E-state index >= 15 is 0 Å². The lowest BCUT2D eigenvalue weighted by atomic mass is 9.31. The quantitative estimate of drug-likeness (QED) is 0.141. The van der Waals surface area contributed by atoms with Crippen LogP contribution in [0.4, 0.5) is 0 Å². The summed E-state index contributed by atoms with van der Waals surface area (Å²) in [6.07, 6.45) is 2.53. The van der Waals surface area contributed by atoms with Crippen LogP contribution in [0.15, 0.2) is 42.0 Å². The van der Waals surface area contributed by atoms with E-state index < -0.39 is 53.6 Å². The predicted octanol–water partition coefficient (Wildman–Crippen LogP) is 5.47. The van der Waals surface area contributed by atoms with Crippen molar-refractivity contribution in [2.45, 2.75) is 143 Å². The minimum atomic E-state index is -1.47. The van der Waals surface area contributed by atoms with Crippen LogP contribution in [-0.4, -0.2) is 93.2 Å². The minimum absolute atomic E-state index is 0.0126. The number of fused-ring (bicyclic) bond motifs is 7. The number of aliphatic hydroxyl groups is 5. The van der Waals surface area contributed by atoms with Crippen LogP contribution in [0.2, 0.25) is 0 Å². The van der Waals surface area contributed by atoms with E-state index in [4.69, 9.17) is 14.2 Å². The SMILES string of the molecule is CCC1CC2(C(=O)O)CCC(C)(CO)CC2C2=CCC3C4(C)CC(OCc5ccccc5)C(OC5OCC(O)C(O)C5O)C(C)(CO)C4CCC3(C)C21C. The number of aliphatic hydroxyl groups excluding tert-OH is 5. The first-order valence-electron chi connectivity index (χ1n) is 20.6. The highest BCUT2D eigenvalue weighted by Crippen LogP contribution is 2.77. The molecule has 0 bridgehead atoms. The van der Waals surface area contributed by atoms with Gasteiger partial charge in [0, 0.05) is 12.0 Å². The molecule has 16 unspecified atom stereocenters. The number of carbonyl (C=O) groups is 1. The molecule has 0 amide bonds. The van der Waals surface area contributed by atoms with Gasteiger partial charge in [0.2, 0.25) is 0 Å². The number of carboxylic acid groups (broad SMARTS) is 1. The number of benzene rings is 1. The minimum Gasteiger partial charge on any atom is -0.481 e. The van der Waals surface area contributed by atoms with Gasteiger partial charge in [0.05, 0.1) is 37.4 Å². The van der Waals surface area contributed by atoms with Crippen molar-refractivity contribution in [3.8, 4) is 0 Å². The standard InChI is InChI=1S/C44H66O10/c1-7-27-19-44(38(50)51)18-17-39(2,24-45)20-29(44)28-13-14-33-40(3)21-31(52-22-26-11-9-8-10-12-26)36(54-37-35(49)34(48)30(47)23-53-37)41(4,25-46)32(40)15-16-42(33,5)43(27,28)6/h8-13,27,29-37,45-49H,7,14-25H2,1-6H3,(H,50,51). The van der Waals surface area contributed by atoms with E-state index in [1.165, 1.54) is 5.57 Å². The molecule has 6 N–H and O–H groups in total. The van der Waals surface area contributed by atoms with Crippen LogP contribution in [0.3, 0.4) is 0 Å². The number of aliphatic carboxylic acids is 1. The van der Waals surface area contributed by atoms with E-state index in [-0.39, 0.29) is 65.2 Å². The average Bonchev–Trinajstić information content (AvgIpc) is 3.15. The van der Waals surface area contributed by atoms with Crippen molar-refractivity contribution < 1.29 is 49.6 Å². The highest BCUT2D eigenvalue weighted by atomic mass is 16.7. The van der Waals surface area contributed by atoms with Crippen LogP contribution in [-0.2, 0) is 25.6 Å². The molecule has 5 fully saturated rings. The summed E-state index contributed by atoms with van der Waals surface area (Å²) in [5.74, 6) is -0.454. The summed E-state index contributed by atoms with van der Waals surface area (Å²) in [7, 11) is 0. The molecule has 0 radical (unpaired) electrons. The van der Waals surface area contributed by atoms with Gasteiger partial charge in [-0.2, -0.15) is 0 Å². The smallest absolute Gasteiger partial charge is 0.310 e. The molecule has 0 aromatic heterocycles. The molecule has 16 atom stereocenters. The van der Waals surface area contributed by atoms with Crippen LogP contribution < -0.4 is 0 Å².